The highest BCUT2D eigenvalue weighted by atomic mass is 16.5. The molecule has 0 unspecified atom stereocenters. The predicted molar refractivity (Wildman–Crippen MR) is 81.0 cm³/mol. The Balaban J connectivity index is 2.02. The van der Waals surface area contributed by atoms with Gasteiger partial charge in [-0.2, -0.15) is 0 Å². The minimum atomic E-state index is 0.674. The first kappa shape index (κ1) is 14.0. The number of benzene rings is 1. The van der Waals surface area contributed by atoms with Crippen molar-refractivity contribution in [3.05, 3.63) is 18.2 Å². The van der Waals surface area contributed by atoms with E-state index in [2.05, 4.69) is 22.8 Å². The summed E-state index contributed by atoms with van der Waals surface area (Å²) < 4.78 is 5.56. The van der Waals surface area contributed by atoms with E-state index in [9.17, 15) is 0 Å². The molecule has 0 aliphatic carbocycles. The van der Waals surface area contributed by atoms with Crippen molar-refractivity contribution in [2.24, 2.45) is 0 Å². The van der Waals surface area contributed by atoms with Crippen LogP contribution in [-0.2, 0) is 0 Å². The van der Waals surface area contributed by atoms with E-state index < -0.39 is 0 Å². The first-order chi connectivity index (χ1) is 9.22. The summed E-state index contributed by atoms with van der Waals surface area (Å²) in [5.41, 5.74) is 7.91. The van der Waals surface area contributed by atoms with E-state index in [4.69, 9.17) is 10.5 Å². The van der Waals surface area contributed by atoms with E-state index in [-0.39, 0.29) is 0 Å². The Morgan fingerprint density at radius 1 is 1.11 bits per heavy atom. The second-order valence-electron chi connectivity index (χ2n) is 5.02. The van der Waals surface area contributed by atoms with Crippen molar-refractivity contribution in [2.75, 3.05) is 50.0 Å². The van der Waals surface area contributed by atoms with Crippen LogP contribution < -0.4 is 15.4 Å². The molecular weight excluding hydrogens is 238 g/mol. The lowest BCUT2D eigenvalue weighted by Crippen LogP contribution is -2.46. The molecule has 0 atom stereocenters. The second kappa shape index (κ2) is 6.66. The van der Waals surface area contributed by atoms with Gasteiger partial charge in [0.1, 0.15) is 5.75 Å². The lowest BCUT2D eigenvalue weighted by atomic mass is 10.2. The molecule has 19 heavy (non-hydrogen) atoms. The summed E-state index contributed by atoms with van der Waals surface area (Å²) in [5.74, 6) is 0.869. The van der Waals surface area contributed by atoms with Crippen LogP contribution in [0.5, 0.6) is 5.75 Å². The first-order valence-electron chi connectivity index (χ1n) is 7.23. The third-order valence-electron chi connectivity index (χ3n) is 3.50. The van der Waals surface area contributed by atoms with Crippen LogP contribution in [0.25, 0.3) is 0 Å². The average molecular weight is 263 g/mol. The van der Waals surface area contributed by atoms with Crippen molar-refractivity contribution in [3.8, 4) is 5.75 Å². The average Bonchev–Trinajstić information content (AvgIpc) is 2.40. The van der Waals surface area contributed by atoms with Gasteiger partial charge in [-0.3, -0.25) is 4.90 Å². The molecule has 1 aliphatic heterocycles. The van der Waals surface area contributed by atoms with Crippen LogP contribution in [-0.4, -0.2) is 44.2 Å². The van der Waals surface area contributed by atoms with Gasteiger partial charge in [0.15, 0.2) is 0 Å². The summed E-state index contributed by atoms with van der Waals surface area (Å²) in [4.78, 5) is 4.91. The van der Waals surface area contributed by atoms with Gasteiger partial charge in [0.25, 0.3) is 0 Å². The predicted octanol–water partition coefficient (Wildman–Crippen LogP) is 2.20. The molecule has 0 aromatic heterocycles. The number of anilines is 2. The van der Waals surface area contributed by atoms with Crippen molar-refractivity contribution in [3.63, 3.8) is 0 Å². The highest BCUT2D eigenvalue weighted by Gasteiger charge is 2.17. The maximum absolute atomic E-state index is 5.95. The lowest BCUT2D eigenvalue weighted by Gasteiger charge is -2.36. The number of nitrogens with zero attached hydrogens (tertiary/aromatic N) is 2. The van der Waals surface area contributed by atoms with Crippen LogP contribution in [0.4, 0.5) is 11.4 Å². The van der Waals surface area contributed by atoms with Crippen molar-refractivity contribution >= 4 is 11.4 Å². The molecule has 1 aromatic carbocycles. The van der Waals surface area contributed by atoms with Gasteiger partial charge in [-0.15, -0.1) is 0 Å². The summed E-state index contributed by atoms with van der Waals surface area (Å²) in [6.07, 6.45) is 1.23. The number of hydrogen-bond acceptors (Lipinski definition) is 4. The van der Waals surface area contributed by atoms with Crippen LogP contribution in [0.3, 0.4) is 0 Å². The Morgan fingerprint density at radius 2 is 1.84 bits per heavy atom. The molecule has 0 amide bonds. The highest BCUT2D eigenvalue weighted by Crippen LogP contribution is 2.26. The molecule has 4 heteroatoms. The number of nitrogens with two attached hydrogens (primary N) is 1. The number of nitrogen functional groups attached to an aromatic ring is 1. The molecule has 0 saturated carbocycles. The largest absolute Gasteiger partial charge is 0.494 e. The van der Waals surface area contributed by atoms with Crippen molar-refractivity contribution in [2.45, 2.75) is 20.3 Å². The zero-order valence-corrected chi connectivity index (χ0v) is 12.1. The maximum atomic E-state index is 5.95. The van der Waals surface area contributed by atoms with E-state index in [1.54, 1.807) is 0 Å². The second-order valence-corrected chi connectivity index (χ2v) is 5.02. The number of rotatable bonds is 5. The molecule has 1 fully saturated rings. The molecule has 0 radical (unpaired) electrons. The number of hydrogen-bond donors (Lipinski definition) is 1. The minimum Gasteiger partial charge on any atom is -0.494 e. The van der Waals surface area contributed by atoms with E-state index in [0.717, 1.165) is 37.6 Å². The molecule has 1 heterocycles. The summed E-state index contributed by atoms with van der Waals surface area (Å²) >= 11 is 0. The Morgan fingerprint density at radius 3 is 2.47 bits per heavy atom. The molecule has 0 bridgehead atoms. The molecule has 1 saturated heterocycles. The molecular formula is C15H25N3O. The van der Waals surface area contributed by atoms with Crippen LogP contribution in [0.15, 0.2) is 18.2 Å². The van der Waals surface area contributed by atoms with Crippen LogP contribution in [0.2, 0.25) is 0 Å². The Hall–Kier alpha value is -1.42. The molecule has 2 N–H and O–H groups in total. The Labute approximate surface area is 116 Å². The fourth-order valence-electron chi connectivity index (χ4n) is 2.58. The Bertz CT molecular complexity index is 400. The quantitative estimate of drug-likeness (QED) is 0.827. The first-order valence-corrected chi connectivity index (χ1v) is 7.23. The third kappa shape index (κ3) is 3.77. The van der Waals surface area contributed by atoms with E-state index in [1.807, 2.05) is 19.1 Å². The normalized spacial score (nSPS) is 16.6. The molecule has 0 spiro atoms. The smallest absolute Gasteiger partial charge is 0.123 e. The summed E-state index contributed by atoms with van der Waals surface area (Å²) in [7, 11) is 0. The van der Waals surface area contributed by atoms with Crippen molar-refractivity contribution in [1.82, 2.24) is 4.90 Å². The zero-order valence-electron chi connectivity index (χ0n) is 12.1. The fraction of sp³-hybridized carbons (Fsp3) is 0.600. The van der Waals surface area contributed by atoms with Gasteiger partial charge in [0, 0.05) is 49.7 Å². The van der Waals surface area contributed by atoms with Crippen LogP contribution in [0.1, 0.15) is 20.3 Å². The van der Waals surface area contributed by atoms with Gasteiger partial charge >= 0.3 is 0 Å². The fourth-order valence-corrected chi connectivity index (χ4v) is 2.58. The zero-order chi connectivity index (χ0) is 13.7. The summed E-state index contributed by atoms with van der Waals surface area (Å²) in [5, 5.41) is 0. The number of ether oxygens (including phenoxy) is 1. The van der Waals surface area contributed by atoms with Crippen LogP contribution in [0, 0.1) is 0 Å². The topological polar surface area (TPSA) is 41.7 Å². The molecule has 4 nitrogen and oxygen atoms in total. The van der Waals surface area contributed by atoms with Gasteiger partial charge in [-0.1, -0.05) is 6.92 Å². The van der Waals surface area contributed by atoms with Gasteiger partial charge in [-0.05, 0) is 26.0 Å². The van der Waals surface area contributed by atoms with E-state index >= 15 is 0 Å². The monoisotopic (exact) mass is 263 g/mol. The Kier molecular flexibility index (Phi) is 4.91. The molecule has 1 aromatic rings. The van der Waals surface area contributed by atoms with Gasteiger partial charge in [-0.25, -0.2) is 0 Å². The van der Waals surface area contributed by atoms with Gasteiger partial charge < -0.3 is 15.4 Å². The van der Waals surface area contributed by atoms with E-state index in [1.165, 1.54) is 18.7 Å². The van der Waals surface area contributed by atoms with Crippen molar-refractivity contribution < 1.29 is 4.74 Å². The minimum absolute atomic E-state index is 0.674. The highest BCUT2D eigenvalue weighted by molar-refractivity contribution is 5.60. The lowest BCUT2D eigenvalue weighted by molar-refractivity contribution is 0.258. The van der Waals surface area contributed by atoms with E-state index in [0.29, 0.717) is 6.61 Å². The molecule has 1 aliphatic rings. The summed E-state index contributed by atoms with van der Waals surface area (Å²) in [6.45, 7) is 10.5. The SMILES string of the molecule is CCCN1CCN(c2cc(N)cc(OCC)c2)CC1. The van der Waals surface area contributed by atoms with Crippen molar-refractivity contribution in [1.29, 1.82) is 0 Å². The maximum Gasteiger partial charge on any atom is 0.123 e. The summed E-state index contributed by atoms with van der Waals surface area (Å²) in [6, 6.07) is 6.02. The standard InChI is InChI=1S/C15H25N3O/c1-3-5-17-6-8-18(9-7-17)14-10-13(16)11-15(12-14)19-4-2/h10-12H,3-9,16H2,1-2H3. The van der Waals surface area contributed by atoms with Gasteiger partial charge in [0.05, 0.1) is 6.61 Å². The number of piperazine rings is 1. The van der Waals surface area contributed by atoms with Crippen LogP contribution >= 0.6 is 0 Å². The molecule has 2 rings (SSSR count). The molecule has 106 valence electrons. The third-order valence-corrected chi connectivity index (χ3v) is 3.50. The van der Waals surface area contributed by atoms with Gasteiger partial charge in [0.2, 0.25) is 0 Å².